The highest BCUT2D eigenvalue weighted by Gasteiger charge is 2.14. The Balaban J connectivity index is 2.07. The molecule has 0 bridgehead atoms. The van der Waals surface area contributed by atoms with Gasteiger partial charge in [-0.15, -0.1) is 0 Å². The van der Waals surface area contributed by atoms with E-state index < -0.39 is 0 Å². The fourth-order valence-electron chi connectivity index (χ4n) is 3.42. The smallest absolute Gasteiger partial charge is 0.0498 e. The van der Waals surface area contributed by atoms with Gasteiger partial charge in [-0.05, 0) is 48.2 Å². The molecule has 1 N–H and O–H groups in total. The fourth-order valence-corrected chi connectivity index (χ4v) is 4.29. The van der Waals surface area contributed by atoms with Gasteiger partial charge < -0.3 is 4.98 Å². The normalized spacial score (nSPS) is 13.0. The van der Waals surface area contributed by atoms with E-state index in [1.165, 1.54) is 57.5 Å². The van der Waals surface area contributed by atoms with Gasteiger partial charge in [0.15, 0.2) is 0 Å². The molecule has 23 heavy (non-hydrogen) atoms. The summed E-state index contributed by atoms with van der Waals surface area (Å²) in [5.41, 5.74) is 3.95. The number of halogens is 2. The maximum absolute atomic E-state index is 3.71. The van der Waals surface area contributed by atoms with E-state index in [1.54, 1.807) is 0 Å². The van der Waals surface area contributed by atoms with Crippen molar-refractivity contribution in [1.29, 1.82) is 0 Å². The quantitative estimate of drug-likeness (QED) is 0.409. The standard InChI is InChI=1S/C20H23Br2N/c1-3-5-6-13(4-2)9-14-10-16(22)12-18-17-11-15(21)7-8-19(17)23-20(14)18/h7-8,10-13,23H,3-6,9H2,1-2H3. The van der Waals surface area contributed by atoms with Gasteiger partial charge in [0.05, 0.1) is 0 Å². The summed E-state index contributed by atoms with van der Waals surface area (Å²) < 4.78 is 2.30. The maximum Gasteiger partial charge on any atom is 0.0498 e. The lowest BCUT2D eigenvalue weighted by molar-refractivity contribution is 0.450. The SMILES string of the molecule is CCCCC(CC)Cc1cc(Br)cc2c1[nH]c1ccc(Br)cc12. The zero-order valence-corrected chi connectivity index (χ0v) is 16.9. The molecular weight excluding hydrogens is 414 g/mol. The van der Waals surface area contributed by atoms with Crippen molar-refractivity contribution in [3.8, 4) is 0 Å². The summed E-state index contributed by atoms with van der Waals surface area (Å²) in [7, 11) is 0. The third-order valence-electron chi connectivity index (χ3n) is 4.77. The van der Waals surface area contributed by atoms with Gasteiger partial charge in [0, 0.05) is 30.8 Å². The average molecular weight is 437 g/mol. The maximum atomic E-state index is 3.71. The molecular formula is C20H23Br2N. The molecule has 1 nitrogen and oxygen atoms in total. The third kappa shape index (κ3) is 3.66. The van der Waals surface area contributed by atoms with Gasteiger partial charge >= 0.3 is 0 Å². The second kappa shape index (κ2) is 7.40. The Kier molecular flexibility index (Phi) is 5.48. The molecule has 3 rings (SSSR count). The van der Waals surface area contributed by atoms with E-state index in [-0.39, 0.29) is 0 Å². The van der Waals surface area contributed by atoms with Crippen molar-refractivity contribution in [3.63, 3.8) is 0 Å². The highest BCUT2D eigenvalue weighted by Crippen LogP contribution is 2.34. The first kappa shape index (κ1) is 17.0. The number of aromatic nitrogens is 1. The van der Waals surface area contributed by atoms with Crippen LogP contribution in [-0.2, 0) is 6.42 Å². The first-order valence-electron chi connectivity index (χ1n) is 8.51. The van der Waals surface area contributed by atoms with E-state index in [2.05, 4.69) is 81.0 Å². The monoisotopic (exact) mass is 435 g/mol. The van der Waals surface area contributed by atoms with Crippen LogP contribution in [0.5, 0.6) is 0 Å². The molecule has 0 saturated carbocycles. The molecule has 2 aromatic carbocycles. The van der Waals surface area contributed by atoms with Gasteiger partial charge in [-0.1, -0.05) is 71.4 Å². The second-order valence-electron chi connectivity index (χ2n) is 6.42. The van der Waals surface area contributed by atoms with Gasteiger partial charge in [0.1, 0.15) is 0 Å². The Hall–Kier alpha value is -0.800. The molecule has 0 fully saturated rings. The molecule has 0 aliphatic rings. The summed E-state index contributed by atoms with van der Waals surface area (Å²) in [6.45, 7) is 4.59. The summed E-state index contributed by atoms with van der Waals surface area (Å²) in [6.07, 6.45) is 6.34. The molecule has 0 aliphatic carbocycles. The Morgan fingerprint density at radius 3 is 2.52 bits per heavy atom. The minimum Gasteiger partial charge on any atom is -0.354 e. The van der Waals surface area contributed by atoms with Crippen molar-refractivity contribution in [1.82, 2.24) is 4.98 Å². The lowest BCUT2D eigenvalue weighted by Gasteiger charge is -2.15. The topological polar surface area (TPSA) is 15.8 Å². The number of hydrogen-bond donors (Lipinski definition) is 1. The summed E-state index contributed by atoms with van der Waals surface area (Å²) in [5, 5.41) is 2.61. The van der Waals surface area contributed by atoms with Crippen LogP contribution < -0.4 is 0 Å². The highest BCUT2D eigenvalue weighted by molar-refractivity contribution is 9.10. The Morgan fingerprint density at radius 2 is 1.78 bits per heavy atom. The average Bonchev–Trinajstić information content (AvgIpc) is 2.89. The molecule has 0 aliphatic heterocycles. The predicted octanol–water partition coefficient (Wildman–Crippen LogP) is 7.61. The van der Waals surface area contributed by atoms with E-state index >= 15 is 0 Å². The molecule has 1 aromatic heterocycles. The zero-order valence-electron chi connectivity index (χ0n) is 13.8. The number of nitrogens with one attached hydrogen (secondary N) is 1. The van der Waals surface area contributed by atoms with Gasteiger partial charge in [-0.3, -0.25) is 0 Å². The van der Waals surface area contributed by atoms with Crippen molar-refractivity contribution >= 4 is 53.7 Å². The second-order valence-corrected chi connectivity index (χ2v) is 8.25. The van der Waals surface area contributed by atoms with Crippen LogP contribution in [0.25, 0.3) is 21.8 Å². The van der Waals surface area contributed by atoms with Crippen molar-refractivity contribution in [2.75, 3.05) is 0 Å². The van der Waals surface area contributed by atoms with E-state index in [9.17, 15) is 0 Å². The molecule has 0 radical (unpaired) electrons. The van der Waals surface area contributed by atoms with Gasteiger partial charge in [0.2, 0.25) is 0 Å². The Bertz CT molecular complexity index is 819. The van der Waals surface area contributed by atoms with Crippen LogP contribution in [0.2, 0.25) is 0 Å². The number of benzene rings is 2. The van der Waals surface area contributed by atoms with Gasteiger partial charge in [-0.25, -0.2) is 0 Å². The zero-order chi connectivity index (χ0) is 16.4. The van der Waals surface area contributed by atoms with Crippen LogP contribution in [0.4, 0.5) is 0 Å². The highest BCUT2D eigenvalue weighted by atomic mass is 79.9. The molecule has 0 spiro atoms. The molecule has 3 heteroatoms. The van der Waals surface area contributed by atoms with Crippen molar-refractivity contribution < 1.29 is 0 Å². The van der Waals surface area contributed by atoms with Gasteiger partial charge in [-0.2, -0.15) is 0 Å². The number of fused-ring (bicyclic) bond motifs is 3. The van der Waals surface area contributed by atoms with E-state index in [1.807, 2.05) is 0 Å². The Morgan fingerprint density at radius 1 is 1.00 bits per heavy atom. The molecule has 1 atom stereocenters. The number of rotatable bonds is 6. The minimum atomic E-state index is 0.769. The van der Waals surface area contributed by atoms with Crippen molar-refractivity contribution in [2.24, 2.45) is 5.92 Å². The first-order chi connectivity index (χ1) is 11.1. The van der Waals surface area contributed by atoms with Crippen LogP contribution in [0, 0.1) is 5.92 Å². The fraction of sp³-hybridized carbons (Fsp3) is 0.400. The van der Waals surface area contributed by atoms with E-state index in [0.29, 0.717) is 0 Å². The Labute approximate surface area is 155 Å². The molecule has 122 valence electrons. The van der Waals surface area contributed by atoms with Crippen LogP contribution >= 0.6 is 31.9 Å². The number of aromatic amines is 1. The van der Waals surface area contributed by atoms with Crippen LogP contribution in [-0.4, -0.2) is 4.98 Å². The lowest BCUT2D eigenvalue weighted by atomic mass is 9.91. The number of H-pyrrole nitrogens is 1. The molecule has 1 heterocycles. The van der Waals surface area contributed by atoms with Crippen LogP contribution in [0.3, 0.4) is 0 Å². The van der Waals surface area contributed by atoms with E-state index in [0.717, 1.165) is 16.8 Å². The van der Waals surface area contributed by atoms with Crippen LogP contribution in [0.15, 0.2) is 39.3 Å². The molecule has 3 aromatic rings. The third-order valence-corrected chi connectivity index (χ3v) is 5.72. The summed E-state index contributed by atoms with van der Waals surface area (Å²) >= 11 is 7.31. The van der Waals surface area contributed by atoms with Crippen molar-refractivity contribution in [2.45, 2.75) is 46.0 Å². The van der Waals surface area contributed by atoms with Crippen molar-refractivity contribution in [3.05, 3.63) is 44.8 Å². The van der Waals surface area contributed by atoms with Gasteiger partial charge in [0.25, 0.3) is 0 Å². The first-order valence-corrected chi connectivity index (χ1v) is 10.1. The summed E-state index contributed by atoms with van der Waals surface area (Å²) in [4.78, 5) is 3.64. The van der Waals surface area contributed by atoms with E-state index in [4.69, 9.17) is 0 Å². The molecule has 1 unspecified atom stereocenters. The largest absolute Gasteiger partial charge is 0.354 e. The summed E-state index contributed by atoms with van der Waals surface area (Å²) in [6, 6.07) is 11.0. The lowest BCUT2D eigenvalue weighted by Crippen LogP contribution is -2.04. The van der Waals surface area contributed by atoms with Crippen LogP contribution in [0.1, 0.15) is 45.1 Å². The number of unbranched alkanes of at least 4 members (excludes halogenated alkanes) is 1. The molecule has 0 amide bonds. The predicted molar refractivity (Wildman–Crippen MR) is 108 cm³/mol. The minimum absolute atomic E-state index is 0.769. The summed E-state index contributed by atoms with van der Waals surface area (Å²) in [5.74, 6) is 0.769. The number of hydrogen-bond acceptors (Lipinski definition) is 0. The molecule has 0 saturated heterocycles.